The highest BCUT2D eigenvalue weighted by Gasteiger charge is 2.17. The maximum Gasteiger partial charge on any atom is 0.0467 e. The Kier molecular flexibility index (Phi) is 8.76. The highest BCUT2D eigenvalue weighted by atomic mass is 32.1. The highest BCUT2D eigenvalue weighted by molar-refractivity contribution is 7.25. The lowest BCUT2D eigenvalue weighted by molar-refractivity contribution is 1.28. The molecule has 62 heavy (non-hydrogen) atoms. The van der Waals surface area contributed by atoms with Gasteiger partial charge < -0.3 is 4.90 Å². The zero-order valence-electron chi connectivity index (χ0n) is 33.9. The third-order valence-corrected chi connectivity index (χ3v) is 13.6. The first-order valence-electron chi connectivity index (χ1n) is 21.2. The molecule has 2 heteroatoms. The van der Waals surface area contributed by atoms with Gasteiger partial charge in [0.2, 0.25) is 0 Å². The second kappa shape index (κ2) is 15.0. The largest absolute Gasteiger partial charge is 0.310 e. The van der Waals surface area contributed by atoms with Crippen molar-refractivity contribution < 1.29 is 0 Å². The lowest BCUT2D eigenvalue weighted by atomic mass is 9.93. The number of rotatable bonds is 7. The second-order valence-electron chi connectivity index (χ2n) is 16.1. The van der Waals surface area contributed by atoms with Crippen LogP contribution in [-0.4, -0.2) is 0 Å². The Bertz CT molecular complexity index is 3630. The minimum absolute atomic E-state index is 1.10. The Hall–Kier alpha value is -7.78. The van der Waals surface area contributed by atoms with Gasteiger partial charge in [-0.3, -0.25) is 0 Å². The van der Waals surface area contributed by atoms with E-state index >= 15 is 0 Å². The van der Waals surface area contributed by atoms with E-state index in [1.807, 2.05) is 11.3 Å². The Labute approximate surface area is 365 Å². The summed E-state index contributed by atoms with van der Waals surface area (Å²) in [6.07, 6.45) is 0. The molecule has 290 valence electrons. The molecule has 12 aromatic rings. The summed E-state index contributed by atoms with van der Waals surface area (Å²) >= 11 is 1.86. The second-order valence-corrected chi connectivity index (χ2v) is 17.1. The van der Waals surface area contributed by atoms with Gasteiger partial charge in [-0.25, -0.2) is 0 Å². The fraction of sp³-hybridized carbons (Fsp3) is 0. The number of hydrogen-bond acceptors (Lipinski definition) is 2. The molecule has 0 fully saturated rings. The normalized spacial score (nSPS) is 11.5. The van der Waals surface area contributed by atoms with Gasteiger partial charge in [0.05, 0.1) is 0 Å². The average Bonchev–Trinajstić information content (AvgIpc) is 3.73. The summed E-state index contributed by atoms with van der Waals surface area (Å²) in [5.41, 5.74) is 13.0. The predicted molar refractivity (Wildman–Crippen MR) is 268 cm³/mol. The van der Waals surface area contributed by atoms with Gasteiger partial charge in [-0.2, -0.15) is 0 Å². The summed E-state index contributed by atoms with van der Waals surface area (Å²) in [4.78, 5) is 2.39. The molecule has 1 nitrogen and oxygen atoms in total. The van der Waals surface area contributed by atoms with E-state index in [0.717, 1.165) is 17.1 Å². The van der Waals surface area contributed by atoms with Crippen LogP contribution >= 0.6 is 11.3 Å². The van der Waals surface area contributed by atoms with Crippen LogP contribution in [0.1, 0.15) is 0 Å². The Balaban J connectivity index is 0.975. The lowest BCUT2D eigenvalue weighted by Gasteiger charge is -2.26. The number of fused-ring (bicyclic) bond motifs is 7. The van der Waals surface area contributed by atoms with E-state index in [1.165, 1.54) is 97.0 Å². The zero-order valence-corrected chi connectivity index (χ0v) is 34.7. The van der Waals surface area contributed by atoms with E-state index in [1.54, 1.807) is 0 Å². The molecule has 1 heterocycles. The minimum Gasteiger partial charge on any atom is -0.310 e. The average molecular weight is 806 g/mol. The van der Waals surface area contributed by atoms with Crippen molar-refractivity contribution in [3.05, 3.63) is 237 Å². The molecular formula is C60H39NS. The number of thiophene rings is 1. The third kappa shape index (κ3) is 6.24. The summed E-state index contributed by atoms with van der Waals surface area (Å²) in [7, 11) is 0. The van der Waals surface area contributed by atoms with E-state index in [9.17, 15) is 0 Å². The number of nitrogens with zero attached hydrogens (tertiary/aromatic N) is 1. The van der Waals surface area contributed by atoms with Gasteiger partial charge >= 0.3 is 0 Å². The standard InChI is InChI=1S/C60H39NS/c1-3-20-50-40(13-1)15-11-25-51(50)45-18-9-16-43(37-45)44-17-10-19-49(38-44)61(47-33-29-41(30-34-47)53-26-12-28-59-60(53)56-24-7-8-27-58(56)62-59)48-35-31-42(32-36-48)57-39-46-14-2-4-21-52(46)54-22-5-6-23-55(54)57/h1-39H. The van der Waals surface area contributed by atoms with Gasteiger partial charge in [-0.15, -0.1) is 11.3 Å². The van der Waals surface area contributed by atoms with Gasteiger partial charge in [-0.1, -0.05) is 176 Å². The molecule has 0 spiro atoms. The SMILES string of the molecule is c1cc(-c2cccc(N(c3ccc(-c4cc5ccccc5c5ccccc45)cc3)c3ccc(-c4cccc5sc6ccccc6c45)cc3)c2)cc(-c2cccc3ccccc23)c1. The fourth-order valence-corrected chi connectivity index (χ4v) is 10.6. The molecule has 0 radical (unpaired) electrons. The number of anilines is 3. The predicted octanol–water partition coefficient (Wildman–Crippen LogP) is 17.7. The van der Waals surface area contributed by atoms with Gasteiger partial charge in [-0.05, 0) is 137 Å². The van der Waals surface area contributed by atoms with Gasteiger partial charge in [0.25, 0.3) is 0 Å². The van der Waals surface area contributed by atoms with Crippen LogP contribution in [0.15, 0.2) is 237 Å². The van der Waals surface area contributed by atoms with Gasteiger partial charge in [0, 0.05) is 37.2 Å². The van der Waals surface area contributed by atoms with Crippen molar-refractivity contribution in [1.82, 2.24) is 0 Å². The monoisotopic (exact) mass is 805 g/mol. The molecule has 0 aliphatic rings. The van der Waals surface area contributed by atoms with Crippen LogP contribution in [0.3, 0.4) is 0 Å². The smallest absolute Gasteiger partial charge is 0.0467 e. The van der Waals surface area contributed by atoms with Crippen LogP contribution in [0.25, 0.3) is 97.0 Å². The number of benzene rings is 11. The molecule has 0 saturated carbocycles. The van der Waals surface area contributed by atoms with Crippen LogP contribution in [0, 0.1) is 0 Å². The van der Waals surface area contributed by atoms with Crippen molar-refractivity contribution in [2.24, 2.45) is 0 Å². The fourth-order valence-electron chi connectivity index (χ4n) is 9.50. The summed E-state index contributed by atoms with van der Waals surface area (Å²) in [6.45, 7) is 0. The Morgan fingerprint density at radius 2 is 0.790 bits per heavy atom. The van der Waals surface area contributed by atoms with Crippen LogP contribution in [-0.2, 0) is 0 Å². The first-order chi connectivity index (χ1) is 30.7. The van der Waals surface area contributed by atoms with Crippen molar-refractivity contribution >= 4 is 80.9 Å². The third-order valence-electron chi connectivity index (χ3n) is 12.4. The quantitative estimate of drug-likeness (QED) is 0.145. The molecule has 11 aromatic carbocycles. The first kappa shape index (κ1) is 36.1. The van der Waals surface area contributed by atoms with Crippen molar-refractivity contribution in [2.45, 2.75) is 0 Å². The molecule has 0 amide bonds. The van der Waals surface area contributed by atoms with Crippen LogP contribution in [0.5, 0.6) is 0 Å². The maximum absolute atomic E-state index is 2.39. The molecule has 0 aliphatic heterocycles. The molecular weight excluding hydrogens is 767 g/mol. The van der Waals surface area contributed by atoms with Gasteiger partial charge in [0.1, 0.15) is 0 Å². The van der Waals surface area contributed by atoms with E-state index in [2.05, 4.69) is 241 Å². The minimum atomic E-state index is 1.10. The molecule has 0 N–H and O–H groups in total. The zero-order chi connectivity index (χ0) is 41.0. The summed E-state index contributed by atoms with van der Waals surface area (Å²) in [5.74, 6) is 0. The van der Waals surface area contributed by atoms with Crippen LogP contribution in [0.2, 0.25) is 0 Å². The van der Waals surface area contributed by atoms with E-state index in [4.69, 9.17) is 0 Å². The van der Waals surface area contributed by atoms with Crippen LogP contribution in [0.4, 0.5) is 17.1 Å². The topological polar surface area (TPSA) is 3.24 Å². The molecule has 0 unspecified atom stereocenters. The first-order valence-corrected chi connectivity index (χ1v) is 22.1. The molecule has 12 rings (SSSR count). The molecule has 0 aliphatic carbocycles. The molecule has 0 atom stereocenters. The molecule has 0 saturated heterocycles. The molecule has 1 aromatic heterocycles. The maximum atomic E-state index is 2.39. The van der Waals surface area contributed by atoms with E-state index in [-0.39, 0.29) is 0 Å². The number of hydrogen-bond donors (Lipinski definition) is 0. The summed E-state index contributed by atoms with van der Waals surface area (Å²) in [6, 6.07) is 86.7. The molecule has 0 bridgehead atoms. The van der Waals surface area contributed by atoms with E-state index < -0.39 is 0 Å². The lowest BCUT2D eigenvalue weighted by Crippen LogP contribution is -2.10. The van der Waals surface area contributed by atoms with Crippen molar-refractivity contribution in [3.63, 3.8) is 0 Å². The van der Waals surface area contributed by atoms with Crippen molar-refractivity contribution in [2.75, 3.05) is 4.90 Å². The van der Waals surface area contributed by atoms with Crippen molar-refractivity contribution in [1.29, 1.82) is 0 Å². The summed E-state index contributed by atoms with van der Waals surface area (Å²) in [5, 5.41) is 10.2. The van der Waals surface area contributed by atoms with E-state index in [0.29, 0.717) is 0 Å². The van der Waals surface area contributed by atoms with Crippen molar-refractivity contribution in [3.8, 4) is 44.5 Å². The Morgan fingerprint density at radius 1 is 0.258 bits per heavy atom. The highest BCUT2D eigenvalue weighted by Crippen LogP contribution is 2.43. The van der Waals surface area contributed by atoms with Crippen LogP contribution < -0.4 is 4.90 Å². The van der Waals surface area contributed by atoms with Gasteiger partial charge in [0.15, 0.2) is 0 Å². The summed E-state index contributed by atoms with van der Waals surface area (Å²) < 4.78 is 2.63. The Morgan fingerprint density at radius 3 is 1.58 bits per heavy atom.